The van der Waals surface area contributed by atoms with Crippen molar-refractivity contribution >= 4 is 12.1 Å². The lowest BCUT2D eigenvalue weighted by Crippen LogP contribution is -2.42. The van der Waals surface area contributed by atoms with Gasteiger partial charge in [0.25, 0.3) is 0 Å². The Balaban J connectivity index is 2.00. The third-order valence-corrected chi connectivity index (χ3v) is 4.33. The molecule has 7 nitrogen and oxygen atoms in total. The molecule has 0 saturated heterocycles. The summed E-state index contributed by atoms with van der Waals surface area (Å²) in [5.41, 5.74) is -0.477. The van der Waals surface area contributed by atoms with Gasteiger partial charge in [0.2, 0.25) is 0 Å². The number of nitrogens with zero attached hydrogens (tertiary/aromatic N) is 1. The SMILES string of the molecule is CN=C(NCCCCOC1CCCCCC1)NCCNC(=O)OC(C)(C)C. The number of aliphatic imine (C=N–C) groups is 1. The lowest BCUT2D eigenvalue weighted by atomic mass is 10.1. The molecule has 0 aromatic rings. The van der Waals surface area contributed by atoms with Crippen molar-refractivity contribution in [2.75, 3.05) is 33.3 Å². The van der Waals surface area contributed by atoms with Crippen molar-refractivity contribution in [2.45, 2.75) is 83.8 Å². The summed E-state index contributed by atoms with van der Waals surface area (Å²) in [4.78, 5) is 15.7. The molecular weight excluding hydrogens is 344 g/mol. The minimum atomic E-state index is -0.477. The fourth-order valence-corrected chi connectivity index (χ4v) is 2.97. The zero-order valence-corrected chi connectivity index (χ0v) is 17.7. The zero-order valence-electron chi connectivity index (χ0n) is 17.7. The smallest absolute Gasteiger partial charge is 0.407 e. The maximum Gasteiger partial charge on any atom is 0.407 e. The van der Waals surface area contributed by atoms with Crippen LogP contribution < -0.4 is 16.0 Å². The Morgan fingerprint density at radius 1 is 0.963 bits per heavy atom. The number of carbonyl (C=O) groups excluding carboxylic acids is 1. The molecule has 0 aromatic carbocycles. The first-order chi connectivity index (χ1) is 12.9. The van der Waals surface area contributed by atoms with E-state index in [0.29, 0.717) is 19.2 Å². The molecule has 1 saturated carbocycles. The lowest BCUT2D eigenvalue weighted by molar-refractivity contribution is 0.0411. The van der Waals surface area contributed by atoms with Crippen LogP contribution in [0.2, 0.25) is 0 Å². The molecule has 0 unspecified atom stereocenters. The summed E-state index contributed by atoms with van der Waals surface area (Å²) < 4.78 is 11.2. The largest absolute Gasteiger partial charge is 0.444 e. The molecule has 1 amide bonds. The van der Waals surface area contributed by atoms with Gasteiger partial charge in [0.1, 0.15) is 5.60 Å². The van der Waals surface area contributed by atoms with E-state index in [4.69, 9.17) is 9.47 Å². The van der Waals surface area contributed by atoms with E-state index in [1.54, 1.807) is 7.05 Å². The molecule has 1 aliphatic rings. The Labute approximate surface area is 165 Å². The second-order valence-corrected chi connectivity index (χ2v) is 8.05. The van der Waals surface area contributed by atoms with Crippen molar-refractivity contribution in [2.24, 2.45) is 4.99 Å². The summed E-state index contributed by atoms with van der Waals surface area (Å²) in [5, 5.41) is 9.17. The number of hydrogen-bond acceptors (Lipinski definition) is 4. The number of ether oxygens (including phenoxy) is 2. The minimum absolute atomic E-state index is 0.402. The Morgan fingerprint density at radius 2 is 1.59 bits per heavy atom. The molecule has 7 heteroatoms. The van der Waals surface area contributed by atoms with Crippen LogP contribution in [0.3, 0.4) is 0 Å². The van der Waals surface area contributed by atoms with Crippen LogP contribution in [0.25, 0.3) is 0 Å². The number of hydrogen-bond donors (Lipinski definition) is 3. The number of nitrogens with one attached hydrogen (secondary N) is 3. The summed E-state index contributed by atoms with van der Waals surface area (Å²) in [6.45, 7) is 8.30. The summed E-state index contributed by atoms with van der Waals surface area (Å²) in [6.07, 6.45) is 10.00. The first-order valence-corrected chi connectivity index (χ1v) is 10.4. The molecule has 1 aliphatic carbocycles. The number of carbonyl (C=O) groups is 1. The first-order valence-electron chi connectivity index (χ1n) is 10.4. The predicted molar refractivity (Wildman–Crippen MR) is 110 cm³/mol. The standard InChI is InChI=1S/C20H40N4O3/c1-20(2,3)27-19(25)24-15-14-23-18(21-4)22-13-9-10-16-26-17-11-7-5-6-8-12-17/h17H,5-16H2,1-4H3,(H,24,25)(H2,21,22,23). The number of rotatable bonds is 9. The Hall–Kier alpha value is -1.50. The van der Waals surface area contributed by atoms with Crippen molar-refractivity contribution < 1.29 is 14.3 Å². The van der Waals surface area contributed by atoms with Crippen LogP contribution in [-0.2, 0) is 9.47 Å². The van der Waals surface area contributed by atoms with Crippen molar-refractivity contribution in [3.05, 3.63) is 0 Å². The monoisotopic (exact) mass is 384 g/mol. The van der Waals surface area contributed by atoms with Gasteiger partial charge < -0.3 is 25.4 Å². The van der Waals surface area contributed by atoms with Gasteiger partial charge in [-0.1, -0.05) is 25.7 Å². The van der Waals surface area contributed by atoms with E-state index in [1.807, 2.05) is 20.8 Å². The number of alkyl carbamates (subject to hydrolysis) is 1. The van der Waals surface area contributed by atoms with Crippen molar-refractivity contribution in [3.63, 3.8) is 0 Å². The molecule has 1 fully saturated rings. The van der Waals surface area contributed by atoms with Gasteiger partial charge in [-0.2, -0.15) is 0 Å². The van der Waals surface area contributed by atoms with Gasteiger partial charge in [0, 0.05) is 33.3 Å². The van der Waals surface area contributed by atoms with E-state index >= 15 is 0 Å². The molecule has 0 bridgehead atoms. The molecule has 27 heavy (non-hydrogen) atoms. The number of guanidine groups is 1. The van der Waals surface area contributed by atoms with Crippen molar-refractivity contribution in [3.8, 4) is 0 Å². The fraction of sp³-hybridized carbons (Fsp3) is 0.900. The zero-order chi connectivity index (χ0) is 20.0. The fourth-order valence-electron chi connectivity index (χ4n) is 2.97. The Kier molecular flexibility index (Phi) is 11.9. The quantitative estimate of drug-likeness (QED) is 0.246. The Morgan fingerprint density at radius 3 is 2.22 bits per heavy atom. The number of unbranched alkanes of at least 4 members (excludes halogenated alkanes) is 1. The molecular formula is C20H40N4O3. The van der Waals surface area contributed by atoms with E-state index in [2.05, 4.69) is 20.9 Å². The van der Waals surface area contributed by atoms with Crippen LogP contribution in [0.15, 0.2) is 4.99 Å². The van der Waals surface area contributed by atoms with E-state index < -0.39 is 11.7 Å². The average Bonchev–Trinajstić information content (AvgIpc) is 2.87. The molecule has 3 N–H and O–H groups in total. The van der Waals surface area contributed by atoms with E-state index in [0.717, 1.165) is 32.0 Å². The molecule has 0 aliphatic heterocycles. The van der Waals surface area contributed by atoms with Crippen LogP contribution in [0, 0.1) is 0 Å². The van der Waals surface area contributed by atoms with Gasteiger partial charge >= 0.3 is 6.09 Å². The van der Waals surface area contributed by atoms with Crippen LogP contribution in [0.1, 0.15) is 72.1 Å². The Bertz CT molecular complexity index is 427. The van der Waals surface area contributed by atoms with E-state index in [-0.39, 0.29) is 0 Å². The molecule has 158 valence electrons. The van der Waals surface area contributed by atoms with Crippen LogP contribution in [-0.4, -0.2) is 57.0 Å². The van der Waals surface area contributed by atoms with Gasteiger partial charge in [-0.15, -0.1) is 0 Å². The second-order valence-electron chi connectivity index (χ2n) is 8.05. The highest BCUT2D eigenvalue weighted by atomic mass is 16.6. The van der Waals surface area contributed by atoms with Crippen molar-refractivity contribution in [1.29, 1.82) is 0 Å². The highest BCUT2D eigenvalue weighted by Gasteiger charge is 2.15. The molecule has 0 atom stereocenters. The highest BCUT2D eigenvalue weighted by Crippen LogP contribution is 2.19. The first kappa shape index (κ1) is 23.5. The molecule has 0 aromatic heterocycles. The lowest BCUT2D eigenvalue weighted by Gasteiger charge is -2.20. The van der Waals surface area contributed by atoms with Gasteiger partial charge in [-0.05, 0) is 46.5 Å². The predicted octanol–water partition coefficient (Wildman–Crippen LogP) is 3.20. The third-order valence-electron chi connectivity index (χ3n) is 4.33. The van der Waals surface area contributed by atoms with Crippen molar-refractivity contribution in [1.82, 2.24) is 16.0 Å². The van der Waals surface area contributed by atoms with Crippen LogP contribution >= 0.6 is 0 Å². The summed E-state index contributed by atoms with van der Waals surface area (Å²) in [6, 6.07) is 0. The van der Waals surface area contributed by atoms with Gasteiger partial charge in [-0.3, -0.25) is 4.99 Å². The third kappa shape index (κ3) is 13.3. The maximum absolute atomic E-state index is 11.6. The normalized spacial score (nSPS) is 16.5. The highest BCUT2D eigenvalue weighted by molar-refractivity contribution is 5.79. The minimum Gasteiger partial charge on any atom is -0.444 e. The van der Waals surface area contributed by atoms with Gasteiger partial charge in [0.05, 0.1) is 6.10 Å². The van der Waals surface area contributed by atoms with Gasteiger partial charge in [-0.25, -0.2) is 4.79 Å². The molecule has 0 heterocycles. The molecule has 1 rings (SSSR count). The summed E-state index contributed by atoms with van der Waals surface area (Å²) >= 11 is 0. The topological polar surface area (TPSA) is 84.0 Å². The molecule has 0 radical (unpaired) electrons. The van der Waals surface area contributed by atoms with Gasteiger partial charge in [0.15, 0.2) is 5.96 Å². The maximum atomic E-state index is 11.6. The summed E-state index contributed by atoms with van der Waals surface area (Å²) in [7, 11) is 1.74. The van der Waals surface area contributed by atoms with E-state index in [1.165, 1.54) is 38.5 Å². The number of amides is 1. The second kappa shape index (κ2) is 13.6. The average molecular weight is 385 g/mol. The van der Waals surface area contributed by atoms with Crippen LogP contribution in [0.5, 0.6) is 0 Å². The summed E-state index contributed by atoms with van der Waals surface area (Å²) in [5.74, 6) is 0.741. The van der Waals surface area contributed by atoms with Crippen LogP contribution in [0.4, 0.5) is 4.79 Å². The van der Waals surface area contributed by atoms with E-state index in [9.17, 15) is 4.79 Å². The molecule has 0 spiro atoms.